The SMILES string of the molecule is O=C(Nc1cccc(C(F)(F)F)c1)n1ncc2cc([N+](=O)[O-])ccc21. The molecule has 1 aromatic heterocycles. The van der Waals surface area contributed by atoms with E-state index >= 15 is 0 Å². The van der Waals surface area contributed by atoms with Crippen molar-refractivity contribution in [2.75, 3.05) is 5.32 Å². The monoisotopic (exact) mass is 350 g/mol. The maximum Gasteiger partial charge on any atom is 0.416 e. The number of fused-ring (bicyclic) bond motifs is 1. The maximum atomic E-state index is 12.7. The molecule has 3 aromatic rings. The summed E-state index contributed by atoms with van der Waals surface area (Å²) in [4.78, 5) is 22.4. The van der Waals surface area contributed by atoms with E-state index in [0.29, 0.717) is 5.39 Å². The van der Waals surface area contributed by atoms with Crippen molar-refractivity contribution in [3.05, 3.63) is 64.3 Å². The first-order chi connectivity index (χ1) is 11.8. The Morgan fingerprint density at radius 2 is 1.96 bits per heavy atom. The van der Waals surface area contributed by atoms with Gasteiger partial charge in [-0.25, -0.2) is 4.79 Å². The molecule has 1 amide bonds. The average molecular weight is 350 g/mol. The highest BCUT2D eigenvalue weighted by Gasteiger charge is 2.30. The van der Waals surface area contributed by atoms with Gasteiger partial charge in [0.2, 0.25) is 0 Å². The number of hydrogen-bond acceptors (Lipinski definition) is 4. The normalized spacial score (nSPS) is 11.5. The number of anilines is 1. The van der Waals surface area contributed by atoms with Gasteiger partial charge in [-0.05, 0) is 24.3 Å². The first-order valence-electron chi connectivity index (χ1n) is 6.86. The van der Waals surface area contributed by atoms with E-state index in [1.54, 1.807) is 0 Å². The molecule has 0 atom stereocenters. The molecule has 0 aliphatic rings. The second kappa shape index (κ2) is 5.89. The number of non-ortho nitro benzene ring substituents is 1. The molecule has 0 spiro atoms. The predicted molar refractivity (Wildman–Crippen MR) is 82.2 cm³/mol. The molecule has 0 unspecified atom stereocenters. The number of carbonyl (C=O) groups excluding carboxylic acids is 1. The maximum absolute atomic E-state index is 12.7. The standard InChI is InChI=1S/C15H9F3N4O3/c16-15(17,18)10-2-1-3-11(7-10)20-14(23)21-13-5-4-12(22(24)25)6-9(13)8-19-21/h1-8H,(H,20,23). The van der Waals surface area contributed by atoms with Crippen LogP contribution in [0.25, 0.3) is 10.9 Å². The van der Waals surface area contributed by atoms with Crippen molar-refractivity contribution in [2.24, 2.45) is 0 Å². The first-order valence-corrected chi connectivity index (χ1v) is 6.86. The predicted octanol–water partition coefficient (Wildman–Crippen LogP) is 4.04. The molecular weight excluding hydrogens is 341 g/mol. The lowest BCUT2D eigenvalue weighted by Crippen LogP contribution is -2.20. The second-order valence-corrected chi connectivity index (χ2v) is 5.07. The minimum absolute atomic E-state index is 0.0506. The van der Waals surface area contributed by atoms with E-state index in [1.165, 1.54) is 36.5 Å². The number of nitro groups is 1. The topological polar surface area (TPSA) is 90.1 Å². The number of rotatable bonds is 2. The van der Waals surface area contributed by atoms with Crippen LogP contribution >= 0.6 is 0 Å². The Morgan fingerprint density at radius 1 is 1.20 bits per heavy atom. The van der Waals surface area contributed by atoms with Crippen molar-refractivity contribution in [3.8, 4) is 0 Å². The number of alkyl halides is 3. The third-order valence-electron chi connectivity index (χ3n) is 3.40. The van der Waals surface area contributed by atoms with Gasteiger partial charge < -0.3 is 5.32 Å². The highest BCUT2D eigenvalue weighted by atomic mass is 19.4. The Kier molecular flexibility index (Phi) is 3.87. The van der Waals surface area contributed by atoms with Crippen LogP contribution in [-0.4, -0.2) is 20.7 Å². The van der Waals surface area contributed by atoms with Crippen LogP contribution in [0, 0.1) is 10.1 Å². The van der Waals surface area contributed by atoms with Gasteiger partial charge in [0.05, 0.1) is 22.2 Å². The summed E-state index contributed by atoms with van der Waals surface area (Å²) < 4.78 is 39.0. The third-order valence-corrected chi connectivity index (χ3v) is 3.40. The fourth-order valence-electron chi connectivity index (χ4n) is 2.25. The van der Waals surface area contributed by atoms with Crippen LogP contribution in [0.5, 0.6) is 0 Å². The van der Waals surface area contributed by atoms with Crippen molar-refractivity contribution < 1.29 is 22.9 Å². The van der Waals surface area contributed by atoms with E-state index in [0.717, 1.165) is 16.8 Å². The van der Waals surface area contributed by atoms with E-state index in [2.05, 4.69) is 10.4 Å². The van der Waals surface area contributed by atoms with Gasteiger partial charge >= 0.3 is 12.2 Å². The largest absolute Gasteiger partial charge is 0.416 e. The molecule has 0 saturated carbocycles. The Bertz CT molecular complexity index is 982. The van der Waals surface area contributed by atoms with E-state index in [4.69, 9.17) is 0 Å². The molecule has 25 heavy (non-hydrogen) atoms. The van der Waals surface area contributed by atoms with Gasteiger partial charge in [0.1, 0.15) is 0 Å². The summed E-state index contributed by atoms with van der Waals surface area (Å²) in [6.07, 6.45) is -3.27. The van der Waals surface area contributed by atoms with Crippen molar-refractivity contribution in [3.63, 3.8) is 0 Å². The second-order valence-electron chi connectivity index (χ2n) is 5.07. The van der Waals surface area contributed by atoms with Crippen LogP contribution in [0.2, 0.25) is 0 Å². The van der Waals surface area contributed by atoms with E-state index in [9.17, 15) is 28.1 Å². The van der Waals surface area contributed by atoms with Gasteiger partial charge in [-0.3, -0.25) is 10.1 Å². The molecule has 10 heteroatoms. The number of benzene rings is 2. The number of nitro benzene ring substituents is 1. The van der Waals surface area contributed by atoms with Gasteiger partial charge in [-0.15, -0.1) is 0 Å². The van der Waals surface area contributed by atoms with Crippen LogP contribution < -0.4 is 5.32 Å². The van der Waals surface area contributed by atoms with E-state index < -0.39 is 22.7 Å². The summed E-state index contributed by atoms with van der Waals surface area (Å²) in [7, 11) is 0. The number of nitrogens with zero attached hydrogens (tertiary/aromatic N) is 3. The molecular formula is C15H9F3N4O3. The zero-order valence-electron chi connectivity index (χ0n) is 12.3. The van der Waals surface area contributed by atoms with Gasteiger partial charge in [-0.2, -0.15) is 23.0 Å². The van der Waals surface area contributed by atoms with Crippen LogP contribution in [0.1, 0.15) is 5.56 Å². The highest BCUT2D eigenvalue weighted by Crippen LogP contribution is 2.30. The molecule has 1 N–H and O–H groups in total. The Morgan fingerprint density at radius 3 is 2.64 bits per heavy atom. The fourth-order valence-corrected chi connectivity index (χ4v) is 2.25. The zero-order chi connectivity index (χ0) is 18.2. The van der Waals surface area contributed by atoms with Crippen molar-refractivity contribution >= 4 is 28.3 Å². The molecule has 128 valence electrons. The molecule has 0 radical (unpaired) electrons. The van der Waals surface area contributed by atoms with E-state index in [-0.39, 0.29) is 16.9 Å². The van der Waals surface area contributed by atoms with Crippen molar-refractivity contribution in [1.29, 1.82) is 0 Å². The average Bonchev–Trinajstić information content (AvgIpc) is 2.97. The highest BCUT2D eigenvalue weighted by molar-refractivity contribution is 5.97. The van der Waals surface area contributed by atoms with Crippen molar-refractivity contribution in [2.45, 2.75) is 6.18 Å². The van der Waals surface area contributed by atoms with Gasteiger partial charge in [0.25, 0.3) is 5.69 Å². The molecule has 0 bridgehead atoms. The molecule has 2 aromatic carbocycles. The Balaban J connectivity index is 1.89. The van der Waals surface area contributed by atoms with Gasteiger partial charge in [0, 0.05) is 23.2 Å². The van der Waals surface area contributed by atoms with Crippen LogP contribution in [0.3, 0.4) is 0 Å². The first kappa shape index (κ1) is 16.4. The number of nitrogens with one attached hydrogen (secondary N) is 1. The molecule has 0 aliphatic carbocycles. The molecule has 0 fully saturated rings. The molecule has 1 heterocycles. The minimum atomic E-state index is -4.53. The number of amides is 1. The summed E-state index contributed by atoms with van der Waals surface area (Å²) in [6.45, 7) is 0. The summed E-state index contributed by atoms with van der Waals surface area (Å²) in [6, 6.07) is 7.17. The summed E-state index contributed by atoms with van der Waals surface area (Å²) in [5.74, 6) is 0. The summed E-state index contributed by atoms with van der Waals surface area (Å²) in [5, 5.41) is 17.2. The smallest absolute Gasteiger partial charge is 0.306 e. The van der Waals surface area contributed by atoms with Gasteiger partial charge in [-0.1, -0.05) is 6.07 Å². The minimum Gasteiger partial charge on any atom is -0.306 e. The lowest BCUT2D eigenvalue weighted by atomic mass is 10.2. The lowest BCUT2D eigenvalue weighted by Gasteiger charge is -2.10. The van der Waals surface area contributed by atoms with Crippen molar-refractivity contribution in [1.82, 2.24) is 9.78 Å². The number of aromatic nitrogens is 2. The molecule has 3 rings (SSSR count). The molecule has 0 aliphatic heterocycles. The number of carbonyl (C=O) groups is 1. The van der Waals surface area contributed by atoms with Crippen LogP contribution in [0.15, 0.2) is 48.7 Å². The zero-order valence-corrected chi connectivity index (χ0v) is 12.3. The Labute approximate surface area is 137 Å². The summed E-state index contributed by atoms with van der Waals surface area (Å²) in [5.41, 5.74) is -0.822. The quantitative estimate of drug-likeness (QED) is 0.558. The molecule has 7 nitrogen and oxygen atoms in total. The fraction of sp³-hybridized carbons (Fsp3) is 0.0667. The van der Waals surface area contributed by atoms with E-state index in [1.807, 2.05) is 0 Å². The molecule has 0 saturated heterocycles. The number of hydrogen-bond donors (Lipinski definition) is 1. The Hall–Kier alpha value is -3.43. The van der Waals surface area contributed by atoms with Crippen LogP contribution in [0.4, 0.5) is 29.3 Å². The lowest BCUT2D eigenvalue weighted by molar-refractivity contribution is -0.384. The van der Waals surface area contributed by atoms with Gasteiger partial charge in [0.15, 0.2) is 0 Å². The third kappa shape index (κ3) is 3.27. The number of halogens is 3. The van der Waals surface area contributed by atoms with Crippen LogP contribution in [-0.2, 0) is 6.18 Å². The summed E-state index contributed by atoms with van der Waals surface area (Å²) >= 11 is 0.